The minimum Gasteiger partial charge on any atom is -0.401 e. The van der Waals surface area contributed by atoms with E-state index in [1.165, 1.54) is 0 Å². The Kier molecular flexibility index (Phi) is 21.3. The van der Waals surface area contributed by atoms with Crippen molar-refractivity contribution >= 4 is 5.71 Å². The van der Waals surface area contributed by atoms with E-state index < -0.39 is 0 Å². The summed E-state index contributed by atoms with van der Waals surface area (Å²) in [4.78, 5) is 4.25. The van der Waals surface area contributed by atoms with Crippen LogP contribution in [-0.2, 0) is 0 Å². The van der Waals surface area contributed by atoms with Crippen LogP contribution in [0.15, 0.2) is 114 Å². The zero-order valence-electron chi connectivity index (χ0n) is 23.0. The summed E-state index contributed by atoms with van der Waals surface area (Å²) in [5.74, 6) is 0. The highest BCUT2D eigenvalue weighted by Gasteiger charge is 2.02. The summed E-state index contributed by atoms with van der Waals surface area (Å²) in [5, 5.41) is 1.73. The molecule has 0 atom stereocenters. The smallest absolute Gasteiger partial charge is 0.0647 e. The average Bonchev–Trinajstić information content (AvgIpc) is 2.83. The molecule has 0 aromatic heterocycles. The molecule has 0 aliphatic rings. The Morgan fingerprint density at radius 2 is 1.19 bits per heavy atom. The van der Waals surface area contributed by atoms with Crippen LogP contribution in [0.4, 0.5) is 0 Å². The van der Waals surface area contributed by atoms with Gasteiger partial charge in [-0.3, -0.25) is 4.99 Å². The van der Waals surface area contributed by atoms with Crippen molar-refractivity contribution in [3.8, 4) is 0 Å². The number of rotatable bonds is 20. The first-order chi connectivity index (χ1) is 17.4. The minimum atomic E-state index is 0.649. The second kappa shape index (κ2) is 23.4. The Hall–Kier alpha value is -3.31. The quantitative estimate of drug-likeness (QED) is 0.0926. The molecule has 5 nitrogen and oxygen atoms in total. The zero-order chi connectivity index (χ0) is 26.9. The fraction of sp³-hybridized carbons (Fsp3) is 0.387. The highest BCUT2D eigenvalue weighted by Crippen LogP contribution is 2.02. The van der Waals surface area contributed by atoms with E-state index in [0.717, 1.165) is 62.8 Å². The van der Waals surface area contributed by atoms with Crippen LogP contribution in [0.3, 0.4) is 0 Å². The van der Waals surface area contributed by atoms with Crippen LogP contribution in [0.25, 0.3) is 0 Å². The van der Waals surface area contributed by atoms with Gasteiger partial charge in [0, 0.05) is 24.6 Å². The van der Waals surface area contributed by atoms with Crippen molar-refractivity contribution in [2.45, 2.75) is 72.1 Å². The average molecular weight is 492 g/mol. The van der Waals surface area contributed by atoms with Gasteiger partial charge in [0.1, 0.15) is 0 Å². The highest BCUT2D eigenvalue weighted by atomic mass is 15.7. The molecule has 0 rings (SSSR count). The molecule has 0 amide bonds. The monoisotopic (exact) mass is 491 g/mol. The molecular weight excluding hydrogens is 442 g/mol. The number of aliphatic imine (C=N–C) groups is 1. The maximum atomic E-state index is 5.60. The van der Waals surface area contributed by atoms with Crippen molar-refractivity contribution in [3.63, 3.8) is 0 Å². The van der Waals surface area contributed by atoms with Gasteiger partial charge in [-0.25, -0.2) is 0 Å². The van der Waals surface area contributed by atoms with Crippen LogP contribution in [0.2, 0.25) is 0 Å². The van der Waals surface area contributed by atoms with E-state index in [0.29, 0.717) is 11.4 Å². The maximum Gasteiger partial charge on any atom is 0.0647 e. The summed E-state index contributed by atoms with van der Waals surface area (Å²) < 4.78 is 0. The second-order valence-electron chi connectivity index (χ2n) is 8.41. The molecule has 0 aromatic rings. The van der Waals surface area contributed by atoms with Gasteiger partial charge in [-0.1, -0.05) is 93.0 Å². The number of nitrogens with one attached hydrogen (secondary N) is 2. The van der Waals surface area contributed by atoms with Gasteiger partial charge in [-0.2, -0.15) is 0 Å². The predicted octanol–water partition coefficient (Wildman–Crippen LogP) is 7.71. The van der Waals surface area contributed by atoms with Crippen molar-refractivity contribution in [2.75, 3.05) is 7.05 Å². The van der Waals surface area contributed by atoms with E-state index >= 15 is 0 Å². The van der Waals surface area contributed by atoms with Gasteiger partial charge in [0.15, 0.2) is 0 Å². The lowest BCUT2D eigenvalue weighted by Crippen LogP contribution is -2.44. The number of hydrogen-bond acceptors (Lipinski definition) is 5. The zero-order valence-corrected chi connectivity index (χ0v) is 23.0. The molecule has 0 fully saturated rings. The number of hydrazine groups is 2. The molecule has 0 aliphatic heterocycles. The third-order valence-electron chi connectivity index (χ3n) is 4.74. The number of allylic oxidation sites excluding steroid dienone is 15. The van der Waals surface area contributed by atoms with Crippen LogP contribution in [0.5, 0.6) is 0 Å². The Morgan fingerprint density at radius 3 is 1.64 bits per heavy atom. The van der Waals surface area contributed by atoms with Crippen molar-refractivity contribution in [1.82, 2.24) is 16.0 Å². The topological polar surface area (TPSA) is 65.7 Å². The third kappa shape index (κ3) is 22.5. The lowest BCUT2D eigenvalue weighted by molar-refractivity contribution is 0.203. The largest absolute Gasteiger partial charge is 0.401 e. The van der Waals surface area contributed by atoms with Crippen LogP contribution in [-0.4, -0.2) is 17.9 Å². The molecule has 0 saturated heterocycles. The first kappa shape index (κ1) is 32.7. The van der Waals surface area contributed by atoms with E-state index in [4.69, 9.17) is 5.73 Å². The van der Waals surface area contributed by atoms with Crippen LogP contribution >= 0.6 is 0 Å². The van der Waals surface area contributed by atoms with Crippen molar-refractivity contribution in [1.29, 1.82) is 0 Å². The van der Waals surface area contributed by atoms with Gasteiger partial charge in [0.2, 0.25) is 0 Å². The second-order valence-corrected chi connectivity index (χ2v) is 8.41. The lowest BCUT2D eigenvalue weighted by Gasteiger charge is -2.23. The first-order valence-electron chi connectivity index (χ1n) is 12.9. The molecule has 0 radical (unpaired) electrons. The molecule has 4 N–H and O–H groups in total. The molecule has 0 spiro atoms. The Labute approximate surface area is 221 Å². The van der Waals surface area contributed by atoms with Gasteiger partial charge in [-0.05, 0) is 65.2 Å². The summed E-state index contributed by atoms with van der Waals surface area (Å²) in [6, 6.07) is 0. The van der Waals surface area contributed by atoms with Gasteiger partial charge >= 0.3 is 0 Å². The fourth-order valence-electron chi connectivity index (χ4n) is 2.78. The van der Waals surface area contributed by atoms with E-state index in [-0.39, 0.29) is 0 Å². The summed E-state index contributed by atoms with van der Waals surface area (Å²) >= 11 is 0. The highest BCUT2D eigenvalue weighted by molar-refractivity contribution is 5.97. The van der Waals surface area contributed by atoms with Gasteiger partial charge in [-0.15, -0.1) is 5.12 Å². The fourth-order valence-corrected chi connectivity index (χ4v) is 2.78. The summed E-state index contributed by atoms with van der Waals surface area (Å²) in [5.41, 5.74) is 14.9. The molecule has 5 heteroatoms. The molecular formula is C31H49N5. The number of hydrogen-bond donors (Lipinski definition) is 3. The molecule has 198 valence electrons. The lowest BCUT2D eigenvalue weighted by atomic mass is 10.2. The SMILES string of the molecule is C=C(CC/C=C\C/C=C\C/C=C\C/C=C\C/C=C\C/C=C\CC)NN(C)NC(=C)C(C)=N/C=C(/C)N. The summed E-state index contributed by atoms with van der Waals surface area (Å²) in [7, 11) is 1.87. The number of nitrogens with zero attached hydrogens (tertiary/aromatic N) is 2. The third-order valence-corrected chi connectivity index (χ3v) is 4.74. The van der Waals surface area contributed by atoms with Crippen LogP contribution in [0.1, 0.15) is 72.1 Å². The molecule has 0 bridgehead atoms. The normalized spacial score (nSPS) is 13.6. The molecule has 0 unspecified atom stereocenters. The van der Waals surface area contributed by atoms with Crippen molar-refractivity contribution in [3.05, 3.63) is 109 Å². The molecule has 0 aliphatic carbocycles. The minimum absolute atomic E-state index is 0.649. The van der Waals surface area contributed by atoms with Crippen LogP contribution in [0, 0.1) is 0 Å². The molecule has 0 aromatic carbocycles. The predicted molar refractivity (Wildman–Crippen MR) is 161 cm³/mol. The molecule has 0 heterocycles. The van der Waals surface area contributed by atoms with Gasteiger partial charge in [0.25, 0.3) is 0 Å². The molecule has 0 saturated carbocycles. The van der Waals surface area contributed by atoms with E-state index in [2.05, 4.69) is 109 Å². The van der Waals surface area contributed by atoms with Gasteiger partial charge < -0.3 is 16.6 Å². The Morgan fingerprint density at radius 1 is 0.750 bits per heavy atom. The standard InChI is InChI=1S/C31H49N5/c1-7-8-9-10-11-12-13-14-15-16-17-18-19-20-21-22-23-24-25-26-29(3)34-36(6)35-31(5)30(4)33-27-28(2)32/h8-9,11-12,14-15,17-18,20-21,23-24,27,34-35H,3,5,7,10,13,16,19,22,25-26,32H2,1-2,4,6H3/b9-8-,12-11-,15-14-,18-17-,21-20-,24-23-,28-27-,33-30?. The maximum absolute atomic E-state index is 5.60. The van der Waals surface area contributed by atoms with Gasteiger partial charge in [0.05, 0.1) is 11.4 Å². The van der Waals surface area contributed by atoms with E-state index in [9.17, 15) is 0 Å². The number of nitrogens with two attached hydrogens (primary N) is 1. The Bertz CT molecular complexity index is 846. The van der Waals surface area contributed by atoms with Crippen molar-refractivity contribution < 1.29 is 0 Å². The molecule has 36 heavy (non-hydrogen) atoms. The summed E-state index contributed by atoms with van der Waals surface area (Å²) in [6.07, 6.45) is 36.0. The summed E-state index contributed by atoms with van der Waals surface area (Å²) in [6.45, 7) is 13.9. The van der Waals surface area contributed by atoms with E-state index in [1.54, 1.807) is 18.2 Å². The van der Waals surface area contributed by atoms with E-state index in [1.807, 2.05) is 14.0 Å². The first-order valence-corrected chi connectivity index (χ1v) is 12.9. The van der Waals surface area contributed by atoms with Crippen molar-refractivity contribution in [2.24, 2.45) is 10.7 Å². The van der Waals surface area contributed by atoms with Crippen LogP contribution < -0.4 is 16.6 Å². The Balaban J connectivity index is 3.88.